The minimum Gasteiger partial charge on any atom is -0.441 e. The standard InChI is InChI=1S/C28H34ClN3O2/c1-3-32(25-11-5-4-6-12-25)16-8-13-27(33)22-14-17-31(18-15-22)20-26-21(2)34-28(30-26)23-9-7-10-24(29)19-23/h4-7,9-12,19,22H,3,8,13-18,20H2,1-2H3. The molecule has 3 aromatic rings. The maximum atomic E-state index is 12.8. The zero-order valence-electron chi connectivity index (χ0n) is 20.2. The summed E-state index contributed by atoms with van der Waals surface area (Å²) in [6.45, 7) is 8.59. The van der Waals surface area contributed by atoms with E-state index in [-0.39, 0.29) is 5.92 Å². The van der Waals surface area contributed by atoms with E-state index in [1.54, 1.807) is 0 Å². The van der Waals surface area contributed by atoms with Gasteiger partial charge in [-0.1, -0.05) is 35.9 Å². The fraction of sp³-hybridized carbons (Fsp3) is 0.429. The molecule has 34 heavy (non-hydrogen) atoms. The molecule has 0 saturated carbocycles. The number of carbonyl (C=O) groups is 1. The summed E-state index contributed by atoms with van der Waals surface area (Å²) in [7, 11) is 0. The molecule has 0 N–H and O–H groups in total. The van der Waals surface area contributed by atoms with Gasteiger partial charge >= 0.3 is 0 Å². The molecule has 0 unspecified atom stereocenters. The molecule has 0 radical (unpaired) electrons. The Balaban J connectivity index is 1.23. The van der Waals surface area contributed by atoms with Crippen molar-refractivity contribution in [1.82, 2.24) is 9.88 Å². The van der Waals surface area contributed by atoms with Crippen molar-refractivity contribution in [1.29, 1.82) is 0 Å². The van der Waals surface area contributed by atoms with Crippen LogP contribution in [0.3, 0.4) is 0 Å². The van der Waals surface area contributed by atoms with Crippen molar-refractivity contribution >= 4 is 23.1 Å². The van der Waals surface area contributed by atoms with Crippen molar-refractivity contribution in [3.8, 4) is 11.5 Å². The molecule has 1 aliphatic heterocycles. The number of oxazole rings is 1. The monoisotopic (exact) mass is 479 g/mol. The van der Waals surface area contributed by atoms with E-state index in [2.05, 4.69) is 41.0 Å². The summed E-state index contributed by atoms with van der Waals surface area (Å²) in [4.78, 5) is 22.3. The number of anilines is 1. The van der Waals surface area contributed by atoms with Gasteiger partial charge in [-0.05, 0) is 76.5 Å². The minimum absolute atomic E-state index is 0.184. The Bertz CT molecular complexity index is 1070. The van der Waals surface area contributed by atoms with E-state index < -0.39 is 0 Å². The van der Waals surface area contributed by atoms with Gasteiger partial charge in [-0.2, -0.15) is 0 Å². The van der Waals surface area contributed by atoms with Gasteiger partial charge in [0.15, 0.2) is 0 Å². The van der Waals surface area contributed by atoms with Gasteiger partial charge in [0.1, 0.15) is 11.5 Å². The highest BCUT2D eigenvalue weighted by Gasteiger charge is 2.26. The number of hydrogen-bond acceptors (Lipinski definition) is 5. The van der Waals surface area contributed by atoms with Crippen LogP contribution in [0.1, 0.15) is 44.1 Å². The first-order valence-electron chi connectivity index (χ1n) is 12.3. The Morgan fingerprint density at radius 2 is 1.91 bits per heavy atom. The number of benzene rings is 2. The zero-order valence-corrected chi connectivity index (χ0v) is 20.9. The van der Waals surface area contributed by atoms with Crippen molar-refractivity contribution in [3.63, 3.8) is 0 Å². The largest absolute Gasteiger partial charge is 0.441 e. The lowest BCUT2D eigenvalue weighted by Crippen LogP contribution is -2.36. The Hall–Kier alpha value is -2.63. The third-order valence-electron chi connectivity index (χ3n) is 6.73. The molecule has 2 aromatic carbocycles. The topological polar surface area (TPSA) is 49.6 Å². The predicted octanol–water partition coefficient (Wildman–Crippen LogP) is 6.39. The third kappa shape index (κ3) is 6.28. The van der Waals surface area contributed by atoms with Crippen LogP contribution in [-0.4, -0.2) is 41.8 Å². The van der Waals surface area contributed by atoms with Gasteiger partial charge in [0.2, 0.25) is 5.89 Å². The molecular formula is C28H34ClN3O2. The van der Waals surface area contributed by atoms with Crippen LogP contribution in [0.4, 0.5) is 5.69 Å². The van der Waals surface area contributed by atoms with E-state index in [0.29, 0.717) is 23.1 Å². The van der Waals surface area contributed by atoms with Gasteiger partial charge in [-0.15, -0.1) is 0 Å². The van der Waals surface area contributed by atoms with Gasteiger partial charge in [0, 0.05) is 48.2 Å². The smallest absolute Gasteiger partial charge is 0.226 e. The molecule has 6 heteroatoms. The second kappa shape index (κ2) is 11.7. The molecule has 0 amide bonds. The number of aromatic nitrogens is 1. The van der Waals surface area contributed by atoms with Crippen LogP contribution >= 0.6 is 11.6 Å². The van der Waals surface area contributed by atoms with Gasteiger partial charge in [0.05, 0.1) is 5.69 Å². The number of piperidine rings is 1. The summed E-state index contributed by atoms with van der Waals surface area (Å²) >= 11 is 6.11. The lowest BCUT2D eigenvalue weighted by atomic mass is 9.90. The average molecular weight is 480 g/mol. The number of hydrogen-bond donors (Lipinski definition) is 0. The van der Waals surface area contributed by atoms with Crippen molar-refractivity contribution < 1.29 is 9.21 Å². The lowest BCUT2D eigenvalue weighted by molar-refractivity contribution is -0.124. The molecule has 1 saturated heterocycles. The highest BCUT2D eigenvalue weighted by atomic mass is 35.5. The first kappa shape index (κ1) is 24.5. The summed E-state index contributed by atoms with van der Waals surface area (Å²) in [6.07, 6.45) is 3.42. The second-order valence-corrected chi connectivity index (χ2v) is 9.50. The maximum absolute atomic E-state index is 12.8. The molecule has 180 valence electrons. The molecule has 0 bridgehead atoms. The van der Waals surface area contributed by atoms with Crippen molar-refractivity contribution in [2.24, 2.45) is 5.92 Å². The van der Waals surface area contributed by atoms with Crippen LogP contribution in [0.5, 0.6) is 0 Å². The van der Waals surface area contributed by atoms with Crippen molar-refractivity contribution in [2.75, 3.05) is 31.1 Å². The molecule has 1 aliphatic rings. The van der Waals surface area contributed by atoms with E-state index in [0.717, 1.165) is 69.0 Å². The molecule has 1 fully saturated rings. The number of aryl methyl sites for hydroxylation is 1. The van der Waals surface area contributed by atoms with E-state index in [1.165, 1.54) is 5.69 Å². The van der Waals surface area contributed by atoms with Gasteiger partial charge in [-0.3, -0.25) is 9.69 Å². The summed E-state index contributed by atoms with van der Waals surface area (Å²) in [6, 6.07) is 18.0. The Labute approximate surface area is 207 Å². The summed E-state index contributed by atoms with van der Waals surface area (Å²) in [5, 5.41) is 0.670. The number of rotatable bonds is 10. The number of nitrogens with zero attached hydrogens (tertiary/aromatic N) is 3. The number of ketones is 1. The highest BCUT2D eigenvalue weighted by molar-refractivity contribution is 6.30. The first-order chi connectivity index (χ1) is 16.5. The van der Waals surface area contributed by atoms with Crippen LogP contribution in [-0.2, 0) is 11.3 Å². The molecule has 1 aromatic heterocycles. The Morgan fingerprint density at radius 3 is 2.62 bits per heavy atom. The van der Waals surface area contributed by atoms with Crippen molar-refractivity contribution in [3.05, 3.63) is 71.1 Å². The number of likely N-dealkylation sites (tertiary alicyclic amines) is 1. The molecular weight excluding hydrogens is 446 g/mol. The summed E-state index contributed by atoms with van der Waals surface area (Å²) in [5.41, 5.74) is 3.08. The van der Waals surface area contributed by atoms with E-state index in [9.17, 15) is 4.79 Å². The second-order valence-electron chi connectivity index (χ2n) is 9.07. The van der Waals surface area contributed by atoms with Crippen LogP contribution in [0, 0.1) is 12.8 Å². The minimum atomic E-state index is 0.184. The van der Waals surface area contributed by atoms with E-state index in [4.69, 9.17) is 21.0 Å². The van der Waals surface area contributed by atoms with Crippen LogP contribution in [0.25, 0.3) is 11.5 Å². The number of halogens is 1. The predicted molar refractivity (Wildman–Crippen MR) is 138 cm³/mol. The zero-order chi connectivity index (χ0) is 23.9. The summed E-state index contributed by atoms with van der Waals surface area (Å²) < 4.78 is 5.91. The number of para-hydroxylation sites is 1. The van der Waals surface area contributed by atoms with E-state index >= 15 is 0 Å². The first-order valence-corrected chi connectivity index (χ1v) is 12.7. The quantitative estimate of drug-likeness (QED) is 0.337. The Morgan fingerprint density at radius 1 is 1.15 bits per heavy atom. The molecule has 0 atom stereocenters. The fourth-order valence-corrected chi connectivity index (χ4v) is 4.89. The normalized spacial score (nSPS) is 14.9. The number of Topliss-reactive ketones (excluding diaryl/α,β-unsaturated/α-hetero) is 1. The van der Waals surface area contributed by atoms with Crippen LogP contribution in [0.15, 0.2) is 59.0 Å². The lowest BCUT2D eigenvalue weighted by Gasteiger charge is -2.31. The van der Waals surface area contributed by atoms with Gasteiger partial charge < -0.3 is 9.32 Å². The van der Waals surface area contributed by atoms with Gasteiger partial charge in [0.25, 0.3) is 0 Å². The highest BCUT2D eigenvalue weighted by Crippen LogP contribution is 2.27. The molecule has 4 rings (SSSR count). The van der Waals surface area contributed by atoms with Crippen LogP contribution < -0.4 is 4.90 Å². The van der Waals surface area contributed by atoms with E-state index in [1.807, 2.05) is 37.3 Å². The summed E-state index contributed by atoms with van der Waals surface area (Å²) in [5.74, 6) is 2.05. The average Bonchev–Trinajstić information content (AvgIpc) is 3.23. The fourth-order valence-electron chi connectivity index (χ4n) is 4.70. The Kier molecular flexibility index (Phi) is 8.41. The van der Waals surface area contributed by atoms with Gasteiger partial charge in [-0.25, -0.2) is 4.98 Å². The molecule has 0 spiro atoms. The third-order valence-corrected chi connectivity index (χ3v) is 6.97. The maximum Gasteiger partial charge on any atom is 0.226 e. The van der Waals surface area contributed by atoms with Crippen LogP contribution in [0.2, 0.25) is 5.02 Å². The SMILES string of the molecule is CCN(CCCC(=O)C1CCN(Cc2nc(-c3cccc(Cl)c3)oc2C)CC1)c1ccccc1. The number of carbonyl (C=O) groups excluding carboxylic acids is 1. The van der Waals surface area contributed by atoms with Crippen molar-refractivity contribution in [2.45, 2.75) is 46.1 Å². The molecule has 0 aliphatic carbocycles. The molecule has 2 heterocycles. The molecule has 5 nitrogen and oxygen atoms in total.